The van der Waals surface area contributed by atoms with Gasteiger partial charge < -0.3 is 15.3 Å². The zero-order chi connectivity index (χ0) is 28.7. The normalized spacial score (nSPS) is 13.0. The molecule has 0 atom stereocenters. The molecular formula is C30H27FN6O4. The van der Waals surface area contributed by atoms with Gasteiger partial charge in [0.25, 0.3) is 17.0 Å². The van der Waals surface area contributed by atoms with Gasteiger partial charge in [0.2, 0.25) is 0 Å². The molecule has 0 saturated heterocycles. The molecule has 208 valence electrons. The van der Waals surface area contributed by atoms with Gasteiger partial charge in [-0.1, -0.05) is 42.5 Å². The Morgan fingerprint density at radius 2 is 1.76 bits per heavy atom. The fraction of sp³-hybridized carbons (Fsp3) is 0.233. The van der Waals surface area contributed by atoms with Crippen LogP contribution in [0.3, 0.4) is 0 Å². The molecule has 0 unspecified atom stereocenters. The first-order valence-electron chi connectivity index (χ1n) is 13.3. The van der Waals surface area contributed by atoms with Crippen molar-refractivity contribution in [2.75, 3.05) is 7.05 Å². The maximum Gasteiger partial charge on any atom is 0.333 e. The minimum absolute atomic E-state index is 0.0332. The SMILES string of the molecule is CNC(=O)c1ccc(-c2ccc(Cc3nc4c([nH]3)c(=O)n(Cc3ccccc3F)c(=O)n4CC3CC3)cc2)[nH]c1=O. The fourth-order valence-corrected chi connectivity index (χ4v) is 4.91. The standard InChI is InChI=1S/C30H27FN6O4/c1-32-27(38)21-12-13-23(33-28(21)39)19-10-8-17(9-11-19)14-24-34-25-26(35-24)36(15-18-6-7-18)30(41)37(29(25)40)16-20-4-2-3-5-22(20)31/h2-5,8-13,18H,6-7,14-16H2,1H3,(H,32,38)(H,33,39)(H,34,35). The maximum absolute atomic E-state index is 14.4. The number of imidazole rings is 1. The Morgan fingerprint density at radius 1 is 1.00 bits per heavy atom. The Bertz CT molecular complexity index is 1960. The summed E-state index contributed by atoms with van der Waals surface area (Å²) in [4.78, 5) is 61.4. The molecule has 11 heteroatoms. The van der Waals surface area contributed by atoms with Gasteiger partial charge in [-0.05, 0) is 48.1 Å². The summed E-state index contributed by atoms with van der Waals surface area (Å²) in [6, 6.07) is 16.7. The third-order valence-electron chi connectivity index (χ3n) is 7.35. The van der Waals surface area contributed by atoms with E-state index in [-0.39, 0.29) is 23.2 Å². The molecular weight excluding hydrogens is 527 g/mol. The van der Waals surface area contributed by atoms with Gasteiger partial charge in [0.1, 0.15) is 22.7 Å². The number of pyridine rings is 1. The van der Waals surface area contributed by atoms with Crippen LogP contribution < -0.4 is 22.1 Å². The number of H-pyrrole nitrogens is 2. The highest BCUT2D eigenvalue weighted by Crippen LogP contribution is 2.30. The molecule has 0 radical (unpaired) electrons. The summed E-state index contributed by atoms with van der Waals surface area (Å²) in [5.41, 5.74) is 1.49. The Labute approximate surface area is 232 Å². The van der Waals surface area contributed by atoms with Crippen LogP contribution in [0.2, 0.25) is 0 Å². The third kappa shape index (κ3) is 5.13. The lowest BCUT2D eigenvalue weighted by Crippen LogP contribution is -2.40. The number of hydrogen-bond acceptors (Lipinski definition) is 5. The predicted octanol–water partition coefficient (Wildman–Crippen LogP) is 2.79. The number of carbonyl (C=O) groups excluding carboxylic acids is 1. The number of amides is 1. The highest BCUT2D eigenvalue weighted by Gasteiger charge is 2.26. The number of hydrogen-bond donors (Lipinski definition) is 3. The molecule has 0 aliphatic heterocycles. The van der Waals surface area contributed by atoms with E-state index >= 15 is 0 Å². The van der Waals surface area contributed by atoms with E-state index in [4.69, 9.17) is 0 Å². The quantitative estimate of drug-likeness (QED) is 0.271. The van der Waals surface area contributed by atoms with Crippen LogP contribution in [0.4, 0.5) is 4.39 Å². The monoisotopic (exact) mass is 554 g/mol. The fourth-order valence-electron chi connectivity index (χ4n) is 4.91. The molecule has 1 aliphatic rings. The summed E-state index contributed by atoms with van der Waals surface area (Å²) in [5, 5.41) is 2.44. The van der Waals surface area contributed by atoms with Gasteiger partial charge >= 0.3 is 5.69 Å². The number of halogens is 1. The summed E-state index contributed by atoms with van der Waals surface area (Å²) in [6.07, 6.45) is 2.37. The number of nitrogens with zero attached hydrogens (tertiary/aromatic N) is 3. The molecule has 1 fully saturated rings. The van der Waals surface area contributed by atoms with Gasteiger partial charge in [0.15, 0.2) is 5.65 Å². The number of benzene rings is 2. The summed E-state index contributed by atoms with van der Waals surface area (Å²) < 4.78 is 17.0. The van der Waals surface area contributed by atoms with Crippen molar-refractivity contribution in [3.8, 4) is 11.3 Å². The molecule has 1 saturated carbocycles. The number of rotatable bonds is 8. The average molecular weight is 555 g/mol. The summed E-state index contributed by atoms with van der Waals surface area (Å²) in [5.74, 6) is -0.0750. The largest absolute Gasteiger partial charge is 0.355 e. The molecule has 41 heavy (non-hydrogen) atoms. The highest BCUT2D eigenvalue weighted by molar-refractivity contribution is 5.93. The molecule has 5 aromatic rings. The molecule has 10 nitrogen and oxygen atoms in total. The van der Waals surface area contributed by atoms with E-state index in [2.05, 4.69) is 20.3 Å². The van der Waals surface area contributed by atoms with Crippen LogP contribution in [0, 0.1) is 11.7 Å². The van der Waals surface area contributed by atoms with Gasteiger partial charge in [-0.15, -0.1) is 0 Å². The lowest BCUT2D eigenvalue weighted by Gasteiger charge is -2.11. The van der Waals surface area contributed by atoms with Crippen LogP contribution in [0.15, 0.2) is 75.0 Å². The number of aromatic amines is 2. The van der Waals surface area contributed by atoms with Crippen molar-refractivity contribution in [3.63, 3.8) is 0 Å². The number of carbonyl (C=O) groups is 1. The van der Waals surface area contributed by atoms with E-state index in [9.17, 15) is 23.6 Å². The van der Waals surface area contributed by atoms with Crippen LogP contribution in [-0.2, 0) is 19.5 Å². The number of aromatic nitrogens is 5. The van der Waals surface area contributed by atoms with Crippen LogP contribution in [0.1, 0.15) is 40.2 Å². The highest BCUT2D eigenvalue weighted by atomic mass is 19.1. The second kappa shape index (κ2) is 10.5. The zero-order valence-corrected chi connectivity index (χ0v) is 22.2. The van der Waals surface area contributed by atoms with Crippen molar-refractivity contribution < 1.29 is 9.18 Å². The van der Waals surface area contributed by atoms with Crippen LogP contribution in [0.5, 0.6) is 0 Å². The summed E-state index contributed by atoms with van der Waals surface area (Å²) in [6.45, 7) is 0.274. The topological polar surface area (TPSA) is 135 Å². The first-order chi connectivity index (χ1) is 19.8. The van der Waals surface area contributed by atoms with Gasteiger partial charge in [-0.25, -0.2) is 14.2 Å². The molecule has 3 N–H and O–H groups in total. The summed E-state index contributed by atoms with van der Waals surface area (Å²) >= 11 is 0. The van der Waals surface area contributed by atoms with Crippen molar-refractivity contribution in [3.05, 3.63) is 120 Å². The molecule has 3 aromatic heterocycles. The first-order valence-corrected chi connectivity index (χ1v) is 13.3. The number of nitrogens with one attached hydrogen (secondary N) is 3. The first kappa shape index (κ1) is 26.2. The molecule has 0 bridgehead atoms. The Balaban J connectivity index is 1.32. The maximum atomic E-state index is 14.4. The molecule has 0 spiro atoms. The lowest BCUT2D eigenvalue weighted by atomic mass is 10.1. The van der Waals surface area contributed by atoms with Crippen molar-refractivity contribution in [2.24, 2.45) is 5.92 Å². The van der Waals surface area contributed by atoms with Gasteiger partial charge in [0.05, 0.1) is 6.54 Å². The Kier molecular flexibility index (Phi) is 6.70. The predicted molar refractivity (Wildman–Crippen MR) is 152 cm³/mol. The smallest absolute Gasteiger partial charge is 0.333 e. The second-order valence-electron chi connectivity index (χ2n) is 10.3. The van der Waals surface area contributed by atoms with Crippen molar-refractivity contribution in [2.45, 2.75) is 32.4 Å². The van der Waals surface area contributed by atoms with Crippen molar-refractivity contribution in [1.29, 1.82) is 0 Å². The van der Waals surface area contributed by atoms with E-state index in [0.29, 0.717) is 36.0 Å². The van der Waals surface area contributed by atoms with E-state index in [1.807, 2.05) is 24.3 Å². The molecule has 3 heterocycles. The van der Waals surface area contributed by atoms with E-state index in [1.165, 1.54) is 23.7 Å². The lowest BCUT2D eigenvalue weighted by molar-refractivity contribution is 0.0961. The Morgan fingerprint density at radius 3 is 2.44 bits per heavy atom. The van der Waals surface area contributed by atoms with E-state index < -0.39 is 28.5 Å². The van der Waals surface area contributed by atoms with Gasteiger partial charge in [-0.3, -0.25) is 23.5 Å². The van der Waals surface area contributed by atoms with Crippen LogP contribution in [0.25, 0.3) is 22.4 Å². The minimum atomic E-state index is -0.543. The molecule has 1 amide bonds. The van der Waals surface area contributed by atoms with Gasteiger partial charge in [0, 0.05) is 31.3 Å². The van der Waals surface area contributed by atoms with Gasteiger partial charge in [-0.2, -0.15) is 0 Å². The summed E-state index contributed by atoms with van der Waals surface area (Å²) in [7, 11) is 1.46. The minimum Gasteiger partial charge on any atom is -0.355 e. The van der Waals surface area contributed by atoms with E-state index in [0.717, 1.165) is 28.5 Å². The third-order valence-corrected chi connectivity index (χ3v) is 7.35. The Hall–Kier alpha value is -5.06. The van der Waals surface area contributed by atoms with Crippen molar-refractivity contribution >= 4 is 17.1 Å². The molecule has 1 aliphatic carbocycles. The van der Waals surface area contributed by atoms with Crippen molar-refractivity contribution in [1.82, 2.24) is 29.4 Å². The van der Waals surface area contributed by atoms with Crippen LogP contribution in [-0.4, -0.2) is 37.0 Å². The molecule has 2 aromatic carbocycles. The van der Waals surface area contributed by atoms with Crippen LogP contribution >= 0.6 is 0 Å². The zero-order valence-electron chi connectivity index (χ0n) is 22.2. The van der Waals surface area contributed by atoms with E-state index in [1.54, 1.807) is 24.3 Å². The molecule has 6 rings (SSSR count). The second-order valence-corrected chi connectivity index (χ2v) is 10.3. The number of fused-ring (bicyclic) bond motifs is 1. The average Bonchev–Trinajstić information content (AvgIpc) is 3.71.